The molecule has 1 N–H and O–H groups in total. The molecule has 2 saturated carbocycles. The van der Waals surface area contributed by atoms with Crippen LogP contribution in [0.1, 0.15) is 69.2 Å². The highest BCUT2D eigenvalue weighted by Crippen LogP contribution is 2.39. The molecule has 3 heterocycles. The summed E-state index contributed by atoms with van der Waals surface area (Å²) in [6.45, 7) is 6.20. The van der Waals surface area contributed by atoms with Gasteiger partial charge in [0.25, 0.3) is 0 Å². The molecule has 1 atom stereocenters. The second kappa shape index (κ2) is 11.4. The minimum absolute atomic E-state index is 0.0869. The first-order valence-electron chi connectivity index (χ1n) is 13.6. The van der Waals surface area contributed by atoms with Crippen molar-refractivity contribution in [3.05, 3.63) is 23.8 Å². The Bertz CT molecular complexity index is 1050. The van der Waals surface area contributed by atoms with Crippen molar-refractivity contribution in [1.29, 1.82) is 0 Å². The molecule has 5 rings (SSSR count). The maximum absolute atomic E-state index is 12.9. The molecule has 2 aromatic heterocycles. The molecule has 37 heavy (non-hydrogen) atoms. The van der Waals surface area contributed by atoms with Crippen LogP contribution in [0.4, 0.5) is 13.2 Å². The van der Waals surface area contributed by atoms with Gasteiger partial charge in [-0.05, 0) is 56.3 Å². The van der Waals surface area contributed by atoms with Gasteiger partial charge in [-0.1, -0.05) is 6.92 Å². The van der Waals surface area contributed by atoms with Crippen molar-refractivity contribution in [2.24, 2.45) is 11.8 Å². The number of halogens is 3. The Morgan fingerprint density at radius 3 is 2.54 bits per heavy atom. The fourth-order valence-electron chi connectivity index (χ4n) is 5.94. The summed E-state index contributed by atoms with van der Waals surface area (Å²) in [5.41, 5.74) is 1.69. The number of fused-ring (bicyclic) bond motifs is 1. The number of aliphatic hydroxyl groups excluding tert-OH is 1. The molecule has 3 fully saturated rings. The lowest BCUT2D eigenvalue weighted by molar-refractivity contribution is -0.143. The third kappa shape index (κ3) is 6.89. The van der Waals surface area contributed by atoms with Gasteiger partial charge in [0.1, 0.15) is 11.9 Å². The average Bonchev–Trinajstić information content (AvgIpc) is 2.83. The summed E-state index contributed by atoms with van der Waals surface area (Å²) in [6, 6.07) is 0. The molecule has 0 unspecified atom stereocenters. The zero-order valence-electron chi connectivity index (χ0n) is 21.4. The van der Waals surface area contributed by atoms with E-state index in [1.807, 2.05) is 6.20 Å². The average molecular weight is 523 g/mol. The maximum atomic E-state index is 12.9. The quantitative estimate of drug-likeness (QED) is 0.540. The van der Waals surface area contributed by atoms with Gasteiger partial charge < -0.3 is 14.6 Å². The lowest BCUT2D eigenvalue weighted by Gasteiger charge is -2.39. The SMILES string of the molecule is C[C@H](Cc1ncc2c(OC3CC(CN4CCOCC4)C3)ncc(C3CCC(O)CC3)c2n1)CC(F)(F)F. The molecule has 204 valence electrons. The van der Waals surface area contributed by atoms with E-state index in [0.29, 0.717) is 23.0 Å². The van der Waals surface area contributed by atoms with Crippen LogP contribution >= 0.6 is 0 Å². The van der Waals surface area contributed by atoms with Crippen LogP contribution in [0.2, 0.25) is 0 Å². The number of nitrogens with zero attached hydrogens (tertiary/aromatic N) is 4. The molecule has 3 aliphatic rings. The molecule has 7 nitrogen and oxygen atoms in total. The highest BCUT2D eigenvalue weighted by Gasteiger charge is 2.34. The van der Waals surface area contributed by atoms with E-state index in [1.54, 1.807) is 13.1 Å². The summed E-state index contributed by atoms with van der Waals surface area (Å²) >= 11 is 0. The first-order chi connectivity index (χ1) is 17.7. The smallest absolute Gasteiger partial charge is 0.389 e. The van der Waals surface area contributed by atoms with Gasteiger partial charge in [-0.2, -0.15) is 13.2 Å². The minimum Gasteiger partial charge on any atom is -0.474 e. The van der Waals surface area contributed by atoms with Crippen LogP contribution in [0.25, 0.3) is 10.9 Å². The van der Waals surface area contributed by atoms with Crippen LogP contribution in [0.5, 0.6) is 5.88 Å². The van der Waals surface area contributed by atoms with Gasteiger partial charge in [-0.25, -0.2) is 15.0 Å². The highest BCUT2D eigenvalue weighted by atomic mass is 19.4. The highest BCUT2D eigenvalue weighted by molar-refractivity contribution is 5.85. The molecule has 10 heteroatoms. The Morgan fingerprint density at radius 1 is 1.11 bits per heavy atom. The van der Waals surface area contributed by atoms with Gasteiger partial charge in [-0.3, -0.25) is 4.90 Å². The summed E-state index contributed by atoms with van der Waals surface area (Å²) in [5, 5.41) is 10.7. The second-order valence-electron chi connectivity index (χ2n) is 11.2. The third-order valence-electron chi connectivity index (χ3n) is 8.00. The van der Waals surface area contributed by atoms with Crippen molar-refractivity contribution in [2.45, 2.75) is 82.6 Å². The molecular weight excluding hydrogens is 485 g/mol. The molecule has 1 aliphatic heterocycles. The number of ether oxygens (including phenoxy) is 2. The van der Waals surface area contributed by atoms with Crippen molar-refractivity contribution in [3.63, 3.8) is 0 Å². The van der Waals surface area contributed by atoms with E-state index < -0.39 is 18.5 Å². The summed E-state index contributed by atoms with van der Waals surface area (Å²) < 4.78 is 50.4. The van der Waals surface area contributed by atoms with Crippen molar-refractivity contribution < 1.29 is 27.8 Å². The Morgan fingerprint density at radius 2 is 1.84 bits per heavy atom. The normalized spacial score (nSPS) is 28.1. The fourth-order valence-corrected chi connectivity index (χ4v) is 5.94. The second-order valence-corrected chi connectivity index (χ2v) is 11.2. The van der Waals surface area contributed by atoms with Crippen LogP contribution in [-0.4, -0.2) is 76.2 Å². The van der Waals surface area contributed by atoms with Crippen molar-refractivity contribution in [3.8, 4) is 5.88 Å². The van der Waals surface area contributed by atoms with Crippen molar-refractivity contribution in [2.75, 3.05) is 32.8 Å². The molecule has 2 aliphatic carbocycles. The lowest BCUT2D eigenvalue weighted by Crippen LogP contribution is -2.45. The topological polar surface area (TPSA) is 80.6 Å². The van der Waals surface area contributed by atoms with Crippen molar-refractivity contribution in [1.82, 2.24) is 19.9 Å². The van der Waals surface area contributed by atoms with E-state index >= 15 is 0 Å². The monoisotopic (exact) mass is 522 g/mol. The Kier molecular flexibility index (Phi) is 8.16. The molecule has 0 aromatic carbocycles. The molecule has 0 bridgehead atoms. The predicted molar refractivity (Wildman–Crippen MR) is 132 cm³/mol. The first kappa shape index (κ1) is 26.6. The largest absolute Gasteiger partial charge is 0.474 e. The maximum Gasteiger partial charge on any atom is 0.389 e. The van der Waals surface area contributed by atoms with Crippen LogP contribution in [0, 0.1) is 11.8 Å². The minimum atomic E-state index is -4.21. The van der Waals surface area contributed by atoms with E-state index in [0.717, 1.165) is 82.5 Å². The molecule has 0 amide bonds. The molecule has 0 spiro atoms. The zero-order valence-corrected chi connectivity index (χ0v) is 21.4. The standard InChI is InChI=1S/C27H37F3N4O3/c1-17(13-27(28,29)30)10-24-31-15-23-25(33-24)22(19-2-4-20(35)5-3-19)14-32-26(23)37-21-11-18(12-21)16-34-6-8-36-9-7-34/h14-15,17-21,35H,2-13,16H2,1H3/t17-,18?,19?,20?,21?/m1/s1. The summed E-state index contributed by atoms with van der Waals surface area (Å²) in [5.74, 6) is 1.10. The number of aliphatic hydroxyl groups is 1. The van der Waals surface area contributed by atoms with Gasteiger partial charge in [-0.15, -0.1) is 0 Å². The third-order valence-corrected chi connectivity index (χ3v) is 8.00. The van der Waals surface area contributed by atoms with Crippen molar-refractivity contribution >= 4 is 10.9 Å². The van der Waals surface area contributed by atoms with Gasteiger partial charge in [0.15, 0.2) is 0 Å². The Labute approximate surface area is 215 Å². The number of rotatable bonds is 8. The summed E-state index contributed by atoms with van der Waals surface area (Å²) in [4.78, 5) is 16.3. The van der Waals surface area contributed by atoms with E-state index in [2.05, 4.69) is 14.9 Å². The van der Waals surface area contributed by atoms with E-state index in [-0.39, 0.29) is 24.5 Å². The van der Waals surface area contributed by atoms with E-state index in [4.69, 9.17) is 14.5 Å². The predicted octanol–water partition coefficient (Wildman–Crippen LogP) is 4.66. The number of alkyl halides is 3. The summed E-state index contributed by atoms with van der Waals surface area (Å²) in [6.07, 6.45) is 3.41. The zero-order chi connectivity index (χ0) is 26.0. The van der Waals surface area contributed by atoms with E-state index in [1.165, 1.54) is 0 Å². The number of hydrogen-bond acceptors (Lipinski definition) is 7. The van der Waals surface area contributed by atoms with Gasteiger partial charge in [0.2, 0.25) is 5.88 Å². The number of hydrogen-bond donors (Lipinski definition) is 1. The summed E-state index contributed by atoms with van der Waals surface area (Å²) in [7, 11) is 0. The first-order valence-corrected chi connectivity index (χ1v) is 13.6. The Hall–Kier alpha value is -2.04. The molecule has 1 saturated heterocycles. The number of morpholine rings is 1. The lowest BCUT2D eigenvalue weighted by atomic mass is 9.81. The van der Waals surface area contributed by atoms with Crippen LogP contribution in [0.15, 0.2) is 12.4 Å². The molecular formula is C27H37F3N4O3. The number of aromatic nitrogens is 3. The van der Waals surface area contributed by atoms with E-state index in [9.17, 15) is 18.3 Å². The van der Waals surface area contributed by atoms with Gasteiger partial charge >= 0.3 is 6.18 Å². The van der Waals surface area contributed by atoms with Crippen LogP contribution in [0.3, 0.4) is 0 Å². The van der Waals surface area contributed by atoms with Crippen LogP contribution in [-0.2, 0) is 11.2 Å². The van der Waals surface area contributed by atoms with Crippen LogP contribution < -0.4 is 4.74 Å². The fraction of sp³-hybridized carbons (Fsp3) is 0.741. The molecule has 2 aromatic rings. The molecule has 0 radical (unpaired) electrons. The Balaban J connectivity index is 1.32. The van der Waals surface area contributed by atoms with Gasteiger partial charge in [0, 0.05) is 50.4 Å². The number of pyridine rings is 1. The van der Waals surface area contributed by atoms with Gasteiger partial charge in [0.05, 0.1) is 30.2 Å².